The molecule has 0 saturated carbocycles. The van der Waals surface area contributed by atoms with Crippen LogP contribution in [0.4, 0.5) is 0 Å². The Morgan fingerprint density at radius 2 is 2.00 bits per heavy atom. The zero-order chi connectivity index (χ0) is 9.61. The van der Waals surface area contributed by atoms with Gasteiger partial charge in [-0.05, 0) is 18.8 Å². The summed E-state index contributed by atoms with van der Waals surface area (Å²) in [6.45, 7) is 10.1. The summed E-state index contributed by atoms with van der Waals surface area (Å²) >= 11 is 0. The van der Waals surface area contributed by atoms with E-state index in [4.69, 9.17) is 0 Å². The second-order valence-electron chi connectivity index (χ2n) is 4.15. The van der Waals surface area contributed by atoms with Crippen LogP contribution in [0.2, 0.25) is 0 Å². The fourth-order valence-corrected chi connectivity index (χ4v) is 0.816. The molecule has 0 aliphatic heterocycles. The highest BCUT2D eigenvalue weighted by Crippen LogP contribution is 2.17. The maximum atomic E-state index is 10.6. The first-order chi connectivity index (χ1) is 5.48. The van der Waals surface area contributed by atoms with Gasteiger partial charge in [0.25, 0.3) is 0 Å². The topological polar surface area (TPSA) is 29.1 Å². The zero-order valence-electron chi connectivity index (χ0n) is 8.74. The van der Waals surface area contributed by atoms with Crippen molar-refractivity contribution in [2.75, 3.05) is 13.1 Å². The first-order valence-corrected chi connectivity index (χ1v) is 4.68. The fraction of sp³-hybridized carbons (Fsp3) is 0.900. The smallest absolute Gasteiger partial charge is 0.131 e. The standard InChI is InChI=1S/C10H21NO/c1-5-10(3,4)8-11-7-6-9(2)12/h11H,5-8H2,1-4H3. The summed E-state index contributed by atoms with van der Waals surface area (Å²) in [5.74, 6) is 0.261. The molecule has 12 heavy (non-hydrogen) atoms. The maximum absolute atomic E-state index is 10.6. The summed E-state index contributed by atoms with van der Waals surface area (Å²) in [4.78, 5) is 10.6. The van der Waals surface area contributed by atoms with E-state index in [1.165, 1.54) is 6.42 Å². The van der Waals surface area contributed by atoms with Crippen LogP contribution in [-0.4, -0.2) is 18.9 Å². The average molecular weight is 171 g/mol. The van der Waals surface area contributed by atoms with Crippen LogP contribution in [0.25, 0.3) is 0 Å². The first-order valence-electron chi connectivity index (χ1n) is 4.68. The molecule has 2 nitrogen and oxygen atoms in total. The van der Waals surface area contributed by atoms with Gasteiger partial charge in [0.2, 0.25) is 0 Å². The summed E-state index contributed by atoms with van der Waals surface area (Å²) in [5.41, 5.74) is 0.358. The van der Waals surface area contributed by atoms with Crippen molar-refractivity contribution in [2.45, 2.75) is 40.5 Å². The number of Topliss-reactive ketones (excluding diaryl/α,β-unsaturated/α-hetero) is 1. The summed E-state index contributed by atoms with van der Waals surface area (Å²) in [5, 5.41) is 3.29. The summed E-state index contributed by atoms with van der Waals surface area (Å²) in [7, 11) is 0. The van der Waals surface area contributed by atoms with Gasteiger partial charge in [0.05, 0.1) is 0 Å². The lowest BCUT2D eigenvalue weighted by atomic mass is 9.90. The number of carbonyl (C=O) groups excluding carboxylic acids is 1. The molecule has 0 spiro atoms. The normalized spacial score (nSPS) is 11.7. The van der Waals surface area contributed by atoms with Crippen molar-refractivity contribution in [1.82, 2.24) is 5.32 Å². The van der Waals surface area contributed by atoms with Gasteiger partial charge in [0.15, 0.2) is 0 Å². The molecule has 0 unspecified atom stereocenters. The lowest BCUT2D eigenvalue weighted by Gasteiger charge is -2.22. The molecule has 0 rings (SSSR count). The van der Waals surface area contributed by atoms with Gasteiger partial charge in [-0.15, -0.1) is 0 Å². The van der Waals surface area contributed by atoms with Gasteiger partial charge in [-0.1, -0.05) is 20.8 Å². The van der Waals surface area contributed by atoms with E-state index in [1.54, 1.807) is 6.92 Å². The maximum Gasteiger partial charge on any atom is 0.131 e. The van der Waals surface area contributed by atoms with E-state index in [-0.39, 0.29) is 5.78 Å². The second kappa shape index (κ2) is 5.31. The minimum Gasteiger partial charge on any atom is -0.316 e. The number of nitrogens with one attached hydrogen (secondary N) is 1. The van der Waals surface area contributed by atoms with E-state index in [0.29, 0.717) is 11.8 Å². The molecule has 0 aromatic rings. The van der Waals surface area contributed by atoms with E-state index in [2.05, 4.69) is 26.1 Å². The Kier molecular flexibility index (Phi) is 5.14. The molecule has 2 heteroatoms. The summed E-state index contributed by atoms with van der Waals surface area (Å²) in [6.07, 6.45) is 1.82. The van der Waals surface area contributed by atoms with Gasteiger partial charge >= 0.3 is 0 Å². The van der Waals surface area contributed by atoms with Crippen molar-refractivity contribution in [3.63, 3.8) is 0 Å². The highest BCUT2D eigenvalue weighted by molar-refractivity contribution is 5.75. The second-order valence-corrected chi connectivity index (χ2v) is 4.15. The van der Waals surface area contributed by atoms with Gasteiger partial charge in [-0.2, -0.15) is 0 Å². The van der Waals surface area contributed by atoms with Crippen molar-refractivity contribution < 1.29 is 4.79 Å². The molecule has 0 amide bonds. The molecule has 0 radical (unpaired) electrons. The quantitative estimate of drug-likeness (QED) is 0.619. The molecule has 72 valence electrons. The number of hydrogen-bond acceptors (Lipinski definition) is 2. The minimum absolute atomic E-state index is 0.261. The molecular weight excluding hydrogens is 150 g/mol. The highest BCUT2D eigenvalue weighted by Gasteiger charge is 2.13. The van der Waals surface area contributed by atoms with E-state index >= 15 is 0 Å². The zero-order valence-corrected chi connectivity index (χ0v) is 8.74. The monoisotopic (exact) mass is 171 g/mol. The predicted octanol–water partition coefficient (Wildman–Crippen LogP) is 1.99. The molecular formula is C10H21NO. The SMILES string of the molecule is CCC(C)(C)CNCCC(C)=O. The molecule has 0 bridgehead atoms. The van der Waals surface area contributed by atoms with Crippen LogP contribution in [0, 0.1) is 5.41 Å². The lowest BCUT2D eigenvalue weighted by molar-refractivity contribution is -0.116. The third-order valence-corrected chi connectivity index (χ3v) is 2.21. The van der Waals surface area contributed by atoms with Gasteiger partial charge in [-0.25, -0.2) is 0 Å². The molecule has 0 saturated heterocycles. The van der Waals surface area contributed by atoms with Crippen molar-refractivity contribution in [2.24, 2.45) is 5.41 Å². The van der Waals surface area contributed by atoms with E-state index in [9.17, 15) is 4.79 Å². The summed E-state index contributed by atoms with van der Waals surface area (Å²) < 4.78 is 0. The van der Waals surface area contributed by atoms with Crippen molar-refractivity contribution in [1.29, 1.82) is 0 Å². The van der Waals surface area contributed by atoms with Crippen LogP contribution in [0.5, 0.6) is 0 Å². The molecule has 0 aliphatic carbocycles. The van der Waals surface area contributed by atoms with E-state index in [0.717, 1.165) is 13.1 Å². The minimum atomic E-state index is 0.261. The average Bonchev–Trinajstić information content (AvgIpc) is 1.98. The Morgan fingerprint density at radius 1 is 1.42 bits per heavy atom. The Bertz CT molecular complexity index is 141. The molecule has 1 N–H and O–H groups in total. The van der Waals surface area contributed by atoms with Crippen LogP contribution >= 0.6 is 0 Å². The van der Waals surface area contributed by atoms with Crippen molar-refractivity contribution in [3.05, 3.63) is 0 Å². The highest BCUT2D eigenvalue weighted by atomic mass is 16.1. The van der Waals surface area contributed by atoms with Gasteiger partial charge < -0.3 is 5.32 Å². The summed E-state index contributed by atoms with van der Waals surface area (Å²) in [6, 6.07) is 0. The predicted molar refractivity (Wildman–Crippen MR) is 52.2 cm³/mol. The van der Waals surface area contributed by atoms with Crippen molar-refractivity contribution >= 4 is 5.78 Å². The largest absolute Gasteiger partial charge is 0.316 e. The van der Waals surface area contributed by atoms with Crippen LogP contribution in [0.1, 0.15) is 40.5 Å². The van der Waals surface area contributed by atoms with Crippen LogP contribution in [-0.2, 0) is 4.79 Å². The van der Waals surface area contributed by atoms with Crippen LogP contribution in [0.3, 0.4) is 0 Å². The third kappa shape index (κ3) is 6.35. The molecule has 0 aromatic heterocycles. The van der Waals surface area contributed by atoms with Crippen LogP contribution < -0.4 is 5.32 Å². The van der Waals surface area contributed by atoms with Gasteiger partial charge in [0.1, 0.15) is 5.78 Å². The Morgan fingerprint density at radius 3 is 2.42 bits per heavy atom. The molecule has 0 heterocycles. The molecule has 0 fully saturated rings. The number of carbonyl (C=O) groups is 1. The molecule has 0 aliphatic rings. The van der Waals surface area contributed by atoms with Gasteiger partial charge in [-0.3, -0.25) is 4.79 Å². The Balaban J connectivity index is 3.37. The van der Waals surface area contributed by atoms with E-state index in [1.807, 2.05) is 0 Å². The van der Waals surface area contributed by atoms with Gasteiger partial charge in [0, 0.05) is 19.5 Å². The van der Waals surface area contributed by atoms with Crippen LogP contribution in [0.15, 0.2) is 0 Å². The third-order valence-electron chi connectivity index (χ3n) is 2.21. The first kappa shape index (κ1) is 11.6. The lowest BCUT2D eigenvalue weighted by Crippen LogP contribution is -2.30. The Hall–Kier alpha value is -0.370. The molecule has 0 aromatic carbocycles. The number of ketones is 1. The Labute approximate surface area is 75.7 Å². The number of hydrogen-bond donors (Lipinski definition) is 1. The fourth-order valence-electron chi connectivity index (χ4n) is 0.816. The van der Waals surface area contributed by atoms with E-state index < -0.39 is 0 Å². The number of rotatable bonds is 6. The molecule has 0 atom stereocenters. The van der Waals surface area contributed by atoms with Crippen molar-refractivity contribution in [3.8, 4) is 0 Å².